The number of hydrogen-bond acceptors (Lipinski definition) is 5. The third-order valence-corrected chi connectivity index (χ3v) is 5.86. The number of para-hydroxylation sites is 2. The predicted octanol–water partition coefficient (Wildman–Crippen LogP) is 2.30. The fourth-order valence-corrected chi connectivity index (χ4v) is 4.11. The van der Waals surface area contributed by atoms with Gasteiger partial charge in [-0.15, -0.1) is 0 Å². The number of nitrogens with zero attached hydrogens (tertiary/aromatic N) is 1. The van der Waals surface area contributed by atoms with Gasteiger partial charge in [0.25, 0.3) is 0 Å². The van der Waals surface area contributed by atoms with Crippen LogP contribution in [0.4, 0.5) is 0 Å². The highest BCUT2D eigenvalue weighted by molar-refractivity contribution is 7.89. The van der Waals surface area contributed by atoms with Gasteiger partial charge < -0.3 is 14.2 Å². The average Bonchev–Trinajstić information content (AvgIpc) is 2.67. The van der Waals surface area contributed by atoms with E-state index in [4.69, 9.17) is 14.2 Å². The van der Waals surface area contributed by atoms with Gasteiger partial charge in [0.15, 0.2) is 11.5 Å². The van der Waals surface area contributed by atoms with Gasteiger partial charge in [-0.25, -0.2) is 8.42 Å². The maximum atomic E-state index is 12.7. The number of benzene rings is 2. The monoisotopic (exact) mass is 363 g/mol. The largest absolute Gasteiger partial charge is 0.493 e. The lowest BCUT2D eigenvalue weighted by molar-refractivity contribution is 0.0730. The molecule has 0 aliphatic carbocycles. The molecule has 0 radical (unpaired) electrons. The number of rotatable bonds is 6. The van der Waals surface area contributed by atoms with E-state index in [2.05, 4.69) is 0 Å². The highest BCUT2D eigenvalue weighted by Gasteiger charge is 2.26. The first-order valence-corrected chi connectivity index (χ1v) is 9.48. The number of ether oxygens (including phenoxy) is 3. The quantitative estimate of drug-likeness (QED) is 0.788. The Hall–Kier alpha value is -2.09. The molecule has 134 valence electrons. The van der Waals surface area contributed by atoms with Gasteiger partial charge in [0.05, 0.1) is 25.2 Å². The Morgan fingerprint density at radius 1 is 1.04 bits per heavy atom. The number of morpholine rings is 1. The second kappa shape index (κ2) is 7.86. The van der Waals surface area contributed by atoms with Crippen LogP contribution in [0.15, 0.2) is 53.4 Å². The maximum absolute atomic E-state index is 12.7. The lowest BCUT2D eigenvalue weighted by Gasteiger charge is -2.26. The van der Waals surface area contributed by atoms with E-state index in [0.29, 0.717) is 37.8 Å². The van der Waals surface area contributed by atoms with E-state index >= 15 is 0 Å². The molecule has 0 N–H and O–H groups in total. The van der Waals surface area contributed by atoms with Gasteiger partial charge >= 0.3 is 0 Å². The zero-order chi connectivity index (χ0) is 17.7. The summed E-state index contributed by atoms with van der Waals surface area (Å²) < 4.78 is 43.2. The lowest BCUT2D eigenvalue weighted by atomic mass is 10.2. The standard InChI is InChI=1S/C18H21NO5S/c1-22-17-7-2-3-8-18(17)24-14-15-5-4-6-16(13-15)25(20,21)19-9-11-23-12-10-19/h2-8,13H,9-12,14H2,1H3. The van der Waals surface area contributed by atoms with Crippen LogP contribution >= 0.6 is 0 Å². The molecule has 1 fully saturated rings. The third-order valence-electron chi connectivity index (χ3n) is 3.97. The predicted molar refractivity (Wildman–Crippen MR) is 93.3 cm³/mol. The van der Waals surface area contributed by atoms with Crippen LogP contribution in [-0.2, 0) is 21.4 Å². The van der Waals surface area contributed by atoms with Crippen molar-refractivity contribution < 1.29 is 22.6 Å². The fraction of sp³-hybridized carbons (Fsp3) is 0.333. The molecule has 1 saturated heterocycles. The van der Waals surface area contributed by atoms with Gasteiger partial charge in [0.1, 0.15) is 6.61 Å². The van der Waals surface area contributed by atoms with Gasteiger partial charge in [0.2, 0.25) is 10.0 Å². The van der Waals surface area contributed by atoms with Crippen molar-refractivity contribution >= 4 is 10.0 Å². The van der Waals surface area contributed by atoms with Crippen LogP contribution in [-0.4, -0.2) is 46.1 Å². The van der Waals surface area contributed by atoms with Crippen molar-refractivity contribution in [3.05, 3.63) is 54.1 Å². The Kier molecular flexibility index (Phi) is 5.57. The number of hydrogen-bond donors (Lipinski definition) is 0. The lowest BCUT2D eigenvalue weighted by Crippen LogP contribution is -2.40. The first-order valence-electron chi connectivity index (χ1n) is 8.04. The van der Waals surface area contributed by atoms with Crippen molar-refractivity contribution in [1.29, 1.82) is 0 Å². The van der Waals surface area contributed by atoms with Crippen molar-refractivity contribution in [3.8, 4) is 11.5 Å². The van der Waals surface area contributed by atoms with Gasteiger partial charge in [0, 0.05) is 13.1 Å². The summed E-state index contributed by atoms with van der Waals surface area (Å²) in [5, 5.41) is 0. The molecule has 0 bridgehead atoms. The van der Waals surface area contributed by atoms with Gasteiger partial charge in [-0.05, 0) is 29.8 Å². The second-order valence-electron chi connectivity index (χ2n) is 5.60. The molecule has 25 heavy (non-hydrogen) atoms. The van der Waals surface area contributed by atoms with Crippen molar-refractivity contribution in [3.63, 3.8) is 0 Å². The van der Waals surface area contributed by atoms with E-state index in [1.165, 1.54) is 4.31 Å². The molecule has 0 atom stereocenters. The molecule has 0 aromatic heterocycles. The molecule has 1 heterocycles. The summed E-state index contributed by atoms with van der Waals surface area (Å²) >= 11 is 0. The molecule has 2 aromatic carbocycles. The first kappa shape index (κ1) is 17.7. The smallest absolute Gasteiger partial charge is 0.243 e. The first-order chi connectivity index (χ1) is 12.1. The molecule has 0 unspecified atom stereocenters. The highest BCUT2D eigenvalue weighted by atomic mass is 32.2. The Balaban J connectivity index is 1.75. The van der Waals surface area contributed by atoms with E-state index < -0.39 is 10.0 Å². The summed E-state index contributed by atoms with van der Waals surface area (Å²) in [5.74, 6) is 1.26. The summed E-state index contributed by atoms with van der Waals surface area (Å²) in [6, 6.07) is 14.2. The molecule has 1 aliphatic rings. The third kappa shape index (κ3) is 4.12. The van der Waals surface area contributed by atoms with E-state index in [1.54, 1.807) is 25.3 Å². The van der Waals surface area contributed by atoms with Crippen molar-refractivity contribution in [2.24, 2.45) is 0 Å². The van der Waals surface area contributed by atoms with Gasteiger partial charge in [-0.1, -0.05) is 24.3 Å². The van der Waals surface area contributed by atoms with Crippen LogP contribution < -0.4 is 9.47 Å². The molecule has 6 nitrogen and oxygen atoms in total. The molecular formula is C18H21NO5S. The molecule has 0 saturated carbocycles. The van der Waals surface area contributed by atoms with Crippen molar-refractivity contribution in [2.75, 3.05) is 33.4 Å². The molecule has 7 heteroatoms. The maximum Gasteiger partial charge on any atom is 0.243 e. The summed E-state index contributed by atoms with van der Waals surface area (Å²) in [6.07, 6.45) is 0. The fourth-order valence-electron chi connectivity index (χ4n) is 2.63. The topological polar surface area (TPSA) is 65.1 Å². The Morgan fingerprint density at radius 3 is 2.48 bits per heavy atom. The van der Waals surface area contributed by atoms with E-state index in [9.17, 15) is 8.42 Å². The Morgan fingerprint density at radius 2 is 1.76 bits per heavy atom. The number of sulfonamides is 1. The zero-order valence-electron chi connectivity index (χ0n) is 14.1. The van der Waals surface area contributed by atoms with Crippen LogP contribution in [0.1, 0.15) is 5.56 Å². The normalized spacial score (nSPS) is 15.7. The zero-order valence-corrected chi connectivity index (χ0v) is 14.9. The minimum Gasteiger partial charge on any atom is -0.493 e. The minimum absolute atomic E-state index is 0.257. The van der Waals surface area contributed by atoms with Gasteiger partial charge in [-0.3, -0.25) is 0 Å². The van der Waals surface area contributed by atoms with Crippen LogP contribution in [0.2, 0.25) is 0 Å². The van der Waals surface area contributed by atoms with E-state index in [0.717, 1.165) is 5.56 Å². The average molecular weight is 363 g/mol. The molecule has 3 rings (SSSR count). The summed E-state index contributed by atoms with van der Waals surface area (Å²) in [4.78, 5) is 0.274. The molecule has 2 aromatic rings. The van der Waals surface area contributed by atoms with E-state index in [1.807, 2.05) is 30.3 Å². The molecular weight excluding hydrogens is 342 g/mol. The van der Waals surface area contributed by atoms with Gasteiger partial charge in [-0.2, -0.15) is 4.31 Å². The van der Waals surface area contributed by atoms with Crippen LogP contribution in [0.5, 0.6) is 11.5 Å². The van der Waals surface area contributed by atoms with Crippen LogP contribution in [0, 0.1) is 0 Å². The minimum atomic E-state index is -3.51. The van der Waals surface area contributed by atoms with Crippen LogP contribution in [0.3, 0.4) is 0 Å². The number of methoxy groups -OCH3 is 1. The summed E-state index contributed by atoms with van der Waals surface area (Å²) in [5.41, 5.74) is 0.778. The Bertz CT molecular complexity index is 816. The second-order valence-corrected chi connectivity index (χ2v) is 7.54. The molecule has 1 aliphatic heterocycles. The SMILES string of the molecule is COc1ccccc1OCc1cccc(S(=O)(=O)N2CCOCC2)c1. The Labute approximate surface area is 148 Å². The van der Waals surface area contributed by atoms with Crippen molar-refractivity contribution in [1.82, 2.24) is 4.31 Å². The van der Waals surface area contributed by atoms with Crippen LogP contribution in [0.25, 0.3) is 0 Å². The van der Waals surface area contributed by atoms with Crippen molar-refractivity contribution in [2.45, 2.75) is 11.5 Å². The summed E-state index contributed by atoms with van der Waals surface area (Å²) in [6.45, 7) is 1.87. The highest BCUT2D eigenvalue weighted by Crippen LogP contribution is 2.27. The molecule has 0 amide bonds. The molecule has 0 spiro atoms. The van der Waals surface area contributed by atoms with E-state index in [-0.39, 0.29) is 11.5 Å². The summed E-state index contributed by atoms with van der Waals surface area (Å²) in [7, 11) is -1.93.